The highest BCUT2D eigenvalue weighted by Crippen LogP contribution is 2.28. The second kappa shape index (κ2) is 9.32. The lowest BCUT2D eigenvalue weighted by molar-refractivity contribution is 0.284. The van der Waals surface area contributed by atoms with Crippen LogP contribution in [0.25, 0.3) is 17.2 Å². The average Bonchev–Trinajstić information content (AvgIpc) is 2.72. The fourth-order valence-corrected chi connectivity index (χ4v) is 2.89. The van der Waals surface area contributed by atoms with Gasteiger partial charge in [-0.3, -0.25) is 0 Å². The fourth-order valence-electron chi connectivity index (χ4n) is 2.89. The van der Waals surface area contributed by atoms with E-state index in [1.807, 2.05) is 6.92 Å². The van der Waals surface area contributed by atoms with E-state index in [4.69, 9.17) is 9.47 Å². The van der Waals surface area contributed by atoms with Crippen molar-refractivity contribution >= 4 is 6.08 Å². The first-order valence-corrected chi connectivity index (χ1v) is 9.28. The summed E-state index contributed by atoms with van der Waals surface area (Å²) in [6.45, 7) is 4.09. The molecule has 3 rings (SSSR count). The normalized spacial score (nSPS) is 11.1. The quantitative estimate of drug-likeness (QED) is 0.437. The third-order valence-corrected chi connectivity index (χ3v) is 4.33. The lowest BCUT2D eigenvalue weighted by Gasteiger charge is -2.10. The van der Waals surface area contributed by atoms with E-state index in [1.165, 1.54) is 24.3 Å². The molecule has 0 N–H and O–H groups in total. The molecule has 3 aromatic rings. The third kappa shape index (κ3) is 4.80. The van der Waals surface area contributed by atoms with Crippen LogP contribution < -0.4 is 9.47 Å². The summed E-state index contributed by atoms with van der Waals surface area (Å²) >= 11 is 0. The van der Waals surface area contributed by atoms with E-state index < -0.39 is 11.6 Å². The molecule has 2 nitrogen and oxygen atoms in total. The van der Waals surface area contributed by atoms with Gasteiger partial charge in [-0.05, 0) is 49.2 Å². The van der Waals surface area contributed by atoms with E-state index >= 15 is 0 Å². The molecular formula is C24H21F3O2. The van der Waals surface area contributed by atoms with Crippen molar-refractivity contribution in [2.75, 3.05) is 6.61 Å². The average molecular weight is 398 g/mol. The van der Waals surface area contributed by atoms with Gasteiger partial charge in [0.25, 0.3) is 0 Å². The van der Waals surface area contributed by atoms with Gasteiger partial charge in [0.1, 0.15) is 18.2 Å². The first kappa shape index (κ1) is 20.5. The predicted molar refractivity (Wildman–Crippen MR) is 108 cm³/mol. The standard InChI is InChI=1S/C24H21F3O2/c1-3-5-18-10-13-22(24(27)23(18)26)29-15-16-6-8-17(9-7-16)20-12-11-19(28-4-2)14-21(20)25/h3,5-14H,4,15H2,1-2H3. The minimum atomic E-state index is -1.02. The van der Waals surface area contributed by atoms with Crippen molar-refractivity contribution in [3.05, 3.63) is 89.3 Å². The van der Waals surface area contributed by atoms with Crippen LogP contribution in [0.3, 0.4) is 0 Å². The largest absolute Gasteiger partial charge is 0.494 e. The molecule has 0 unspecified atom stereocenters. The van der Waals surface area contributed by atoms with Crippen LogP contribution in [0.2, 0.25) is 0 Å². The summed E-state index contributed by atoms with van der Waals surface area (Å²) < 4.78 is 53.1. The molecule has 0 atom stereocenters. The number of ether oxygens (including phenoxy) is 2. The van der Waals surface area contributed by atoms with Crippen molar-refractivity contribution in [3.63, 3.8) is 0 Å². The van der Waals surface area contributed by atoms with E-state index in [1.54, 1.807) is 49.4 Å². The summed E-state index contributed by atoms with van der Waals surface area (Å²) in [4.78, 5) is 0. The molecule has 0 aliphatic rings. The van der Waals surface area contributed by atoms with Crippen molar-refractivity contribution in [2.45, 2.75) is 20.5 Å². The van der Waals surface area contributed by atoms with E-state index in [9.17, 15) is 13.2 Å². The van der Waals surface area contributed by atoms with E-state index in [-0.39, 0.29) is 23.7 Å². The van der Waals surface area contributed by atoms with Gasteiger partial charge in [0.15, 0.2) is 11.6 Å². The molecule has 150 valence electrons. The fraction of sp³-hybridized carbons (Fsp3) is 0.167. The Kier molecular flexibility index (Phi) is 6.60. The Morgan fingerprint density at radius 3 is 2.28 bits per heavy atom. The molecule has 0 heterocycles. The summed E-state index contributed by atoms with van der Waals surface area (Å²) in [5.41, 5.74) is 2.06. The second-order valence-electron chi connectivity index (χ2n) is 6.34. The molecule has 5 heteroatoms. The van der Waals surface area contributed by atoms with Crippen molar-refractivity contribution in [1.29, 1.82) is 0 Å². The van der Waals surface area contributed by atoms with Crippen LogP contribution >= 0.6 is 0 Å². The lowest BCUT2D eigenvalue weighted by Crippen LogP contribution is -2.00. The molecule has 0 saturated carbocycles. The Morgan fingerprint density at radius 2 is 1.62 bits per heavy atom. The zero-order valence-electron chi connectivity index (χ0n) is 16.2. The van der Waals surface area contributed by atoms with Gasteiger partial charge in [-0.25, -0.2) is 8.78 Å². The summed E-state index contributed by atoms with van der Waals surface area (Å²) in [6.07, 6.45) is 3.12. The Bertz CT molecular complexity index is 1010. The summed E-state index contributed by atoms with van der Waals surface area (Å²) in [5.74, 6) is -2.01. The highest BCUT2D eigenvalue weighted by Gasteiger charge is 2.13. The number of rotatable bonds is 7. The predicted octanol–water partition coefficient (Wildman–Crippen LogP) is 6.78. The number of halogens is 3. The minimum absolute atomic E-state index is 0.0609. The van der Waals surface area contributed by atoms with Gasteiger partial charge in [0.05, 0.1) is 6.61 Å². The molecule has 0 saturated heterocycles. The highest BCUT2D eigenvalue weighted by atomic mass is 19.2. The molecule has 0 bridgehead atoms. The number of hydrogen-bond donors (Lipinski definition) is 0. The summed E-state index contributed by atoms with van der Waals surface area (Å²) in [7, 11) is 0. The van der Waals surface area contributed by atoms with Gasteiger partial charge in [-0.1, -0.05) is 36.4 Å². The molecule has 0 fully saturated rings. The molecule has 29 heavy (non-hydrogen) atoms. The van der Waals surface area contributed by atoms with Crippen LogP contribution in [0.1, 0.15) is 25.0 Å². The van der Waals surface area contributed by atoms with Crippen molar-refractivity contribution in [2.24, 2.45) is 0 Å². The summed E-state index contributed by atoms with van der Waals surface area (Å²) in [5, 5.41) is 0. The zero-order valence-corrected chi connectivity index (χ0v) is 16.2. The minimum Gasteiger partial charge on any atom is -0.494 e. The van der Waals surface area contributed by atoms with E-state index in [0.717, 1.165) is 5.56 Å². The van der Waals surface area contributed by atoms with Crippen LogP contribution in [0.4, 0.5) is 13.2 Å². The maximum atomic E-state index is 14.3. The SMILES string of the molecule is CC=Cc1ccc(OCc2ccc(-c3ccc(OCC)cc3F)cc2)c(F)c1F. The first-order valence-electron chi connectivity index (χ1n) is 9.28. The van der Waals surface area contributed by atoms with E-state index in [2.05, 4.69) is 0 Å². The van der Waals surface area contributed by atoms with Gasteiger partial charge in [-0.15, -0.1) is 0 Å². The van der Waals surface area contributed by atoms with Crippen LogP contribution in [-0.2, 0) is 6.61 Å². The van der Waals surface area contributed by atoms with Gasteiger partial charge in [0, 0.05) is 17.2 Å². The molecule has 0 aliphatic carbocycles. The first-order chi connectivity index (χ1) is 14.0. The van der Waals surface area contributed by atoms with E-state index in [0.29, 0.717) is 23.5 Å². The molecule has 3 aromatic carbocycles. The van der Waals surface area contributed by atoms with Crippen LogP contribution in [-0.4, -0.2) is 6.61 Å². The lowest BCUT2D eigenvalue weighted by atomic mass is 10.0. The van der Waals surface area contributed by atoms with Crippen LogP contribution in [0.15, 0.2) is 60.7 Å². The Balaban J connectivity index is 1.71. The molecule has 0 radical (unpaired) electrons. The topological polar surface area (TPSA) is 18.5 Å². The van der Waals surface area contributed by atoms with Gasteiger partial charge in [0.2, 0.25) is 5.82 Å². The van der Waals surface area contributed by atoms with Gasteiger partial charge in [-0.2, -0.15) is 4.39 Å². The Labute approximate surface area is 168 Å². The molecular weight excluding hydrogens is 377 g/mol. The number of benzene rings is 3. The van der Waals surface area contributed by atoms with Crippen LogP contribution in [0, 0.1) is 17.5 Å². The monoisotopic (exact) mass is 398 g/mol. The molecule has 0 aliphatic heterocycles. The molecule has 0 spiro atoms. The van der Waals surface area contributed by atoms with Crippen molar-refractivity contribution in [1.82, 2.24) is 0 Å². The number of allylic oxidation sites excluding steroid dienone is 1. The Hall–Kier alpha value is -3.21. The van der Waals surface area contributed by atoms with Crippen molar-refractivity contribution in [3.8, 4) is 22.6 Å². The van der Waals surface area contributed by atoms with Gasteiger partial charge < -0.3 is 9.47 Å². The second-order valence-corrected chi connectivity index (χ2v) is 6.34. The zero-order chi connectivity index (χ0) is 20.8. The summed E-state index contributed by atoms with van der Waals surface area (Å²) in [6, 6.07) is 14.6. The molecule has 0 aromatic heterocycles. The smallest absolute Gasteiger partial charge is 0.201 e. The van der Waals surface area contributed by atoms with Gasteiger partial charge >= 0.3 is 0 Å². The molecule has 0 amide bonds. The maximum absolute atomic E-state index is 14.3. The maximum Gasteiger partial charge on any atom is 0.201 e. The third-order valence-electron chi connectivity index (χ3n) is 4.33. The number of hydrogen-bond acceptors (Lipinski definition) is 2. The van der Waals surface area contributed by atoms with Crippen LogP contribution in [0.5, 0.6) is 11.5 Å². The highest BCUT2D eigenvalue weighted by molar-refractivity contribution is 5.65. The Morgan fingerprint density at radius 1 is 0.862 bits per heavy atom. The van der Waals surface area contributed by atoms with Crippen molar-refractivity contribution < 1.29 is 22.6 Å².